The van der Waals surface area contributed by atoms with Crippen molar-refractivity contribution in [2.45, 2.75) is 5.41 Å². The summed E-state index contributed by atoms with van der Waals surface area (Å²) in [6.07, 6.45) is 0. The lowest BCUT2D eigenvalue weighted by Crippen LogP contribution is -2.32. The van der Waals surface area contributed by atoms with Crippen LogP contribution in [-0.4, -0.2) is 4.57 Å². The van der Waals surface area contributed by atoms with Crippen LogP contribution in [0.3, 0.4) is 0 Å². The van der Waals surface area contributed by atoms with Gasteiger partial charge in [-0.05, 0) is 94.0 Å². The summed E-state index contributed by atoms with van der Waals surface area (Å²) in [5.41, 5.74) is 13.0. The molecule has 2 nitrogen and oxygen atoms in total. The molecule has 52 heavy (non-hydrogen) atoms. The van der Waals surface area contributed by atoms with Crippen molar-refractivity contribution in [3.63, 3.8) is 0 Å². The van der Waals surface area contributed by atoms with E-state index in [4.69, 9.17) is 4.74 Å². The lowest BCUT2D eigenvalue weighted by molar-refractivity contribution is 0.436. The van der Waals surface area contributed by atoms with E-state index >= 15 is 0 Å². The fraction of sp³-hybridized carbons (Fsp3) is 0.0204. The van der Waals surface area contributed by atoms with Crippen LogP contribution in [0.15, 0.2) is 176 Å². The van der Waals surface area contributed by atoms with E-state index in [1.54, 1.807) is 0 Å². The van der Waals surface area contributed by atoms with Gasteiger partial charge in [0.05, 0.1) is 16.4 Å². The molecule has 242 valence electrons. The summed E-state index contributed by atoms with van der Waals surface area (Å²) in [5, 5.41) is 5.15. The zero-order chi connectivity index (χ0) is 34.0. The Morgan fingerprint density at radius 1 is 0.404 bits per heavy atom. The molecule has 0 saturated carbocycles. The van der Waals surface area contributed by atoms with Gasteiger partial charge in [0.2, 0.25) is 0 Å². The molecule has 0 unspecified atom stereocenters. The highest BCUT2D eigenvalue weighted by atomic mass is 32.1. The Hall–Kier alpha value is -6.42. The van der Waals surface area contributed by atoms with Crippen LogP contribution in [0, 0.1) is 0 Å². The van der Waals surface area contributed by atoms with Gasteiger partial charge in [0.1, 0.15) is 11.5 Å². The maximum Gasteiger partial charge on any atom is 0.132 e. The van der Waals surface area contributed by atoms with Crippen molar-refractivity contribution in [2.75, 3.05) is 0 Å². The standard InChI is InChI=1S/C49H29NOS/c1-4-17-39-33(14-1)36-28-37-34-15-2-7-20-43(34)50(32-13-11-12-30(26-32)31-24-25-48-38(27-31)35-16-3-10-23-47(35)52-48)44(37)29-42(36)49(39)40-18-5-8-21-45(40)51-46-22-9-6-19-41(46)49/h1-29H. The molecule has 3 heterocycles. The smallest absolute Gasteiger partial charge is 0.132 e. The largest absolute Gasteiger partial charge is 0.457 e. The number of hydrogen-bond donors (Lipinski definition) is 0. The highest BCUT2D eigenvalue weighted by Gasteiger charge is 2.51. The van der Waals surface area contributed by atoms with Crippen LogP contribution in [0.2, 0.25) is 0 Å². The third kappa shape index (κ3) is 3.63. The molecule has 3 heteroatoms. The van der Waals surface area contributed by atoms with Gasteiger partial charge in [-0.3, -0.25) is 0 Å². The molecule has 0 amide bonds. The Bertz CT molecular complexity index is 3080. The van der Waals surface area contributed by atoms with E-state index in [-0.39, 0.29) is 0 Å². The second-order valence-corrected chi connectivity index (χ2v) is 15.1. The fourth-order valence-corrected chi connectivity index (χ4v) is 10.4. The third-order valence-electron chi connectivity index (χ3n) is 11.5. The minimum Gasteiger partial charge on any atom is -0.457 e. The molecule has 0 fully saturated rings. The normalized spacial score (nSPS) is 13.7. The van der Waals surface area contributed by atoms with Crippen molar-refractivity contribution in [2.24, 2.45) is 0 Å². The summed E-state index contributed by atoms with van der Waals surface area (Å²) >= 11 is 1.86. The van der Waals surface area contributed by atoms with Crippen LogP contribution < -0.4 is 4.74 Å². The molecular weight excluding hydrogens is 651 g/mol. The molecule has 12 rings (SSSR count). The summed E-state index contributed by atoms with van der Waals surface area (Å²) in [6, 6.07) is 64.7. The van der Waals surface area contributed by atoms with Gasteiger partial charge in [-0.15, -0.1) is 11.3 Å². The second kappa shape index (κ2) is 10.3. The quantitative estimate of drug-likeness (QED) is 0.177. The Balaban J connectivity index is 1.14. The molecule has 10 aromatic rings. The predicted molar refractivity (Wildman–Crippen MR) is 216 cm³/mol. The molecule has 8 aromatic carbocycles. The Kier molecular flexibility index (Phi) is 5.62. The molecule has 1 spiro atoms. The zero-order valence-corrected chi connectivity index (χ0v) is 28.8. The maximum atomic E-state index is 6.62. The van der Waals surface area contributed by atoms with Crippen molar-refractivity contribution in [1.82, 2.24) is 4.57 Å². The summed E-state index contributed by atoms with van der Waals surface area (Å²) in [7, 11) is 0. The van der Waals surface area contributed by atoms with Gasteiger partial charge in [0.15, 0.2) is 0 Å². The van der Waals surface area contributed by atoms with E-state index in [1.807, 2.05) is 11.3 Å². The van der Waals surface area contributed by atoms with Crippen LogP contribution in [-0.2, 0) is 5.41 Å². The summed E-state index contributed by atoms with van der Waals surface area (Å²) in [6.45, 7) is 0. The van der Waals surface area contributed by atoms with Crippen molar-refractivity contribution < 1.29 is 4.74 Å². The first-order valence-electron chi connectivity index (χ1n) is 17.8. The van der Waals surface area contributed by atoms with Gasteiger partial charge in [-0.2, -0.15) is 0 Å². The van der Waals surface area contributed by atoms with Crippen molar-refractivity contribution in [3.05, 3.63) is 198 Å². The lowest BCUT2D eigenvalue weighted by atomic mass is 9.66. The topological polar surface area (TPSA) is 14.2 Å². The average molecular weight is 680 g/mol. The van der Waals surface area contributed by atoms with Crippen LogP contribution in [0.1, 0.15) is 22.3 Å². The molecule has 0 atom stereocenters. The first kappa shape index (κ1) is 28.3. The summed E-state index contributed by atoms with van der Waals surface area (Å²) in [4.78, 5) is 0. The van der Waals surface area contributed by atoms with Crippen LogP contribution in [0.5, 0.6) is 11.5 Å². The first-order valence-corrected chi connectivity index (χ1v) is 18.7. The average Bonchev–Trinajstić information content (AvgIpc) is 3.83. The van der Waals surface area contributed by atoms with E-state index < -0.39 is 5.41 Å². The second-order valence-electron chi connectivity index (χ2n) is 14.0. The van der Waals surface area contributed by atoms with E-state index in [1.165, 1.54) is 86.5 Å². The molecule has 0 bridgehead atoms. The van der Waals surface area contributed by atoms with Crippen LogP contribution >= 0.6 is 11.3 Å². The first-order chi connectivity index (χ1) is 25.8. The van der Waals surface area contributed by atoms with E-state index in [0.29, 0.717) is 0 Å². The molecule has 1 aliphatic heterocycles. The molecule has 0 radical (unpaired) electrons. The van der Waals surface area contributed by atoms with Crippen molar-refractivity contribution in [3.8, 4) is 39.4 Å². The van der Waals surface area contributed by atoms with Gasteiger partial charge in [0, 0.05) is 47.8 Å². The number of benzene rings is 8. The van der Waals surface area contributed by atoms with Crippen molar-refractivity contribution in [1.29, 1.82) is 0 Å². The number of rotatable bonds is 2. The minimum atomic E-state index is -0.520. The van der Waals surface area contributed by atoms with Crippen molar-refractivity contribution >= 4 is 53.3 Å². The molecule has 1 aliphatic carbocycles. The Morgan fingerprint density at radius 2 is 1.08 bits per heavy atom. The number of hydrogen-bond acceptors (Lipinski definition) is 2. The number of thiophene rings is 1. The number of ether oxygens (including phenoxy) is 1. The lowest BCUT2D eigenvalue weighted by Gasteiger charge is -2.39. The van der Waals surface area contributed by atoms with Gasteiger partial charge >= 0.3 is 0 Å². The predicted octanol–water partition coefficient (Wildman–Crippen LogP) is 13.3. The highest BCUT2D eigenvalue weighted by Crippen LogP contribution is 2.62. The maximum absolute atomic E-state index is 6.62. The van der Waals surface area contributed by atoms with Gasteiger partial charge in [0.25, 0.3) is 0 Å². The molecule has 2 aliphatic rings. The van der Waals surface area contributed by atoms with Crippen LogP contribution in [0.4, 0.5) is 0 Å². The molecule has 0 saturated heterocycles. The van der Waals surface area contributed by atoms with Gasteiger partial charge in [-0.1, -0.05) is 115 Å². The van der Waals surface area contributed by atoms with Gasteiger partial charge in [-0.25, -0.2) is 0 Å². The summed E-state index contributed by atoms with van der Waals surface area (Å²) < 4.78 is 11.7. The Labute approximate surface area is 304 Å². The van der Waals surface area contributed by atoms with E-state index in [9.17, 15) is 0 Å². The number of para-hydroxylation sites is 3. The molecule has 2 aromatic heterocycles. The summed E-state index contributed by atoms with van der Waals surface area (Å²) in [5.74, 6) is 1.82. The number of aromatic nitrogens is 1. The minimum absolute atomic E-state index is 0.520. The van der Waals surface area contributed by atoms with Gasteiger partial charge < -0.3 is 9.30 Å². The third-order valence-corrected chi connectivity index (χ3v) is 12.6. The van der Waals surface area contributed by atoms with E-state index in [2.05, 4.69) is 180 Å². The zero-order valence-electron chi connectivity index (χ0n) is 28.0. The monoisotopic (exact) mass is 679 g/mol. The SMILES string of the molecule is c1cc(-c2ccc3sc4ccccc4c3c2)cc(-n2c3ccccc3c3cc4c(cc32)C2(c3ccccc3Oc3ccccc32)c2ccccc2-4)c1. The van der Waals surface area contributed by atoms with Crippen LogP contribution in [0.25, 0.3) is 69.9 Å². The molecular formula is C49H29NOS. The number of nitrogens with zero attached hydrogens (tertiary/aromatic N) is 1. The highest BCUT2D eigenvalue weighted by molar-refractivity contribution is 7.25. The molecule has 0 N–H and O–H groups in total. The Morgan fingerprint density at radius 3 is 1.92 bits per heavy atom. The number of fused-ring (bicyclic) bond motifs is 15. The van der Waals surface area contributed by atoms with E-state index in [0.717, 1.165) is 17.2 Å². The fourth-order valence-electron chi connectivity index (χ4n) is 9.32.